The number of carbonyl (C=O) groups is 1. The van der Waals surface area contributed by atoms with E-state index in [0.29, 0.717) is 16.5 Å². The van der Waals surface area contributed by atoms with Crippen LogP contribution in [0.2, 0.25) is 10.0 Å². The highest BCUT2D eigenvalue weighted by molar-refractivity contribution is 6.42. The average molecular weight is 319 g/mol. The van der Waals surface area contributed by atoms with E-state index in [0.717, 1.165) is 5.56 Å². The summed E-state index contributed by atoms with van der Waals surface area (Å²) in [4.78, 5) is 13.6. The third-order valence-corrected chi connectivity index (χ3v) is 2.57. The first-order valence-corrected chi connectivity index (χ1v) is 6.39. The molecular formula is C13H16Cl2N2O3. The van der Waals surface area contributed by atoms with Crippen molar-refractivity contribution in [1.82, 2.24) is 5.32 Å². The van der Waals surface area contributed by atoms with E-state index in [1.165, 1.54) is 0 Å². The molecule has 2 N–H and O–H groups in total. The molecule has 0 aliphatic heterocycles. The van der Waals surface area contributed by atoms with E-state index in [4.69, 9.17) is 33.7 Å². The van der Waals surface area contributed by atoms with Gasteiger partial charge < -0.3 is 5.32 Å². The normalized spacial score (nSPS) is 9.85. The van der Waals surface area contributed by atoms with Gasteiger partial charge in [0, 0.05) is 5.54 Å². The number of benzene rings is 1. The molecule has 0 heterocycles. The summed E-state index contributed by atoms with van der Waals surface area (Å²) < 4.78 is 0. The number of amides is 1. The second-order valence-corrected chi connectivity index (χ2v) is 5.65. The Labute approximate surface area is 128 Å². The number of halogens is 2. The summed E-state index contributed by atoms with van der Waals surface area (Å²) in [7, 11) is 0. The van der Waals surface area contributed by atoms with Crippen molar-refractivity contribution in [2.24, 2.45) is 0 Å². The van der Waals surface area contributed by atoms with Gasteiger partial charge in [0.2, 0.25) is 0 Å². The summed E-state index contributed by atoms with van der Waals surface area (Å²) >= 11 is 11.4. The lowest BCUT2D eigenvalue weighted by molar-refractivity contribution is -0.179. The van der Waals surface area contributed by atoms with Crippen LogP contribution >= 0.6 is 23.2 Å². The zero-order chi connectivity index (χ0) is 15.8. The molecule has 1 rings (SSSR count). The Balaban J connectivity index is 0.000000370. The lowest BCUT2D eigenvalue weighted by Crippen LogP contribution is -2.40. The monoisotopic (exact) mass is 318 g/mol. The maximum atomic E-state index is 10.2. The number of rotatable bonds is 1. The van der Waals surface area contributed by atoms with Crippen LogP contribution in [0.1, 0.15) is 26.3 Å². The zero-order valence-electron chi connectivity index (χ0n) is 11.4. The van der Waals surface area contributed by atoms with Crippen molar-refractivity contribution >= 4 is 29.3 Å². The van der Waals surface area contributed by atoms with Crippen molar-refractivity contribution in [1.29, 1.82) is 5.26 Å². The zero-order valence-corrected chi connectivity index (χ0v) is 12.9. The van der Waals surface area contributed by atoms with Crippen molar-refractivity contribution in [3.8, 4) is 6.07 Å². The van der Waals surface area contributed by atoms with Crippen LogP contribution in [-0.2, 0) is 11.3 Å². The summed E-state index contributed by atoms with van der Waals surface area (Å²) in [6, 6.07) is 7.21. The van der Waals surface area contributed by atoms with E-state index >= 15 is 0 Å². The third kappa shape index (κ3) is 8.59. The Kier molecular flexibility index (Phi) is 8.00. The first kappa shape index (κ1) is 18.5. The van der Waals surface area contributed by atoms with Crippen molar-refractivity contribution in [2.75, 3.05) is 0 Å². The summed E-state index contributed by atoms with van der Waals surface area (Å²) in [6.07, 6.45) is -0.459. The molecule has 0 unspecified atom stereocenters. The van der Waals surface area contributed by atoms with Crippen LogP contribution in [0.25, 0.3) is 0 Å². The Morgan fingerprint density at radius 2 is 2.00 bits per heavy atom. The Morgan fingerprint density at radius 1 is 1.40 bits per heavy atom. The van der Waals surface area contributed by atoms with Crippen LogP contribution in [0.3, 0.4) is 0 Å². The number of nitriles is 1. The van der Waals surface area contributed by atoms with Crippen molar-refractivity contribution in [3.63, 3.8) is 0 Å². The van der Waals surface area contributed by atoms with Gasteiger partial charge in [-0.2, -0.15) is 10.5 Å². The lowest BCUT2D eigenvalue weighted by atomic mass is 10.1. The van der Waals surface area contributed by atoms with Gasteiger partial charge in [-0.15, -0.1) is 0 Å². The predicted octanol–water partition coefficient (Wildman–Crippen LogP) is 4.04. The van der Waals surface area contributed by atoms with Gasteiger partial charge in [-0.3, -0.25) is 4.89 Å². The van der Waals surface area contributed by atoms with E-state index in [-0.39, 0.29) is 5.54 Å². The minimum atomic E-state index is -0.831. The highest BCUT2D eigenvalue weighted by Crippen LogP contribution is 2.22. The quantitative estimate of drug-likeness (QED) is 0.604. The molecule has 0 aliphatic rings. The lowest BCUT2D eigenvalue weighted by Gasteiger charge is -2.17. The van der Waals surface area contributed by atoms with Crippen molar-refractivity contribution in [3.05, 3.63) is 33.8 Å². The molecule has 0 atom stereocenters. The molecule has 0 spiro atoms. The molecule has 1 amide bonds. The van der Waals surface area contributed by atoms with Crippen LogP contribution in [-0.4, -0.2) is 16.9 Å². The topological polar surface area (TPSA) is 82.3 Å². The summed E-state index contributed by atoms with van der Waals surface area (Å²) in [5.41, 5.74) is 0.529. The molecule has 0 saturated heterocycles. The first-order valence-electron chi connectivity index (χ1n) is 5.64. The molecule has 0 saturated carbocycles. The molecular weight excluding hydrogens is 303 g/mol. The van der Waals surface area contributed by atoms with Crippen LogP contribution in [0.5, 0.6) is 0 Å². The molecule has 5 nitrogen and oxygen atoms in total. The fourth-order valence-corrected chi connectivity index (χ4v) is 1.39. The molecule has 0 radical (unpaired) electrons. The summed E-state index contributed by atoms with van der Waals surface area (Å²) in [5, 5.41) is 19.5. The fraction of sp³-hybridized carbons (Fsp3) is 0.385. The number of hydrogen-bond donors (Lipinski definition) is 2. The van der Waals surface area contributed by atoms with Gasteiger partial charge in [-0.05, 0) is 38.5 Å². The third-order valence-electron chi connectivity index (χ3n) is 1.83. The van der Waals surface area contributed by atoms with Gasteiger partial charge in [0.05, 0.1) is 22.5 Å². The molecule has 0 fully saturated rings. The average Bonchev–Trinajstić information content (AvgIpc) is 2.33. The molecule has 0 aromatic heterocycles. The SMILES string of the molecule is CC(C)(C)NC(=O)OO.N#CCc1ccc(Cl)c(Cl)c1. The minimum Gasteiger partial charge on any atom is -0.315 e. The molecule has 1 aromatic rings. The number of carbonyl (C=O) groups excluding carboxylic acids is 1. The van der Waals surface area contributed by atoms with Gasteiger partial charge >= 0.3 is 6.09 Å². The minimum absolute atomic E-state index is 0.361. The van der Waals surface area contributed by atoms with Crippen molar-refractivity contribution < 1.29 is 14.9 Å². The molecule has 1 aromatic carbocycles. The second kappa shape index (κ2) is 8.64. The molecule has 7 heteroatoms. The predicted molar refractivity (Wildman–Crippen MR) is 77.8 cm³/mol. The van der Waals surface area contributed by atoms with Crippen LogP contribution in [0, 0.1) is 11.3 Å². The first-order chi connectivity index (χ1) is 9.19. The molecule has 0 aliphatic carbocycles. The van der Waals surface area contributed by atoms with Crippen molar-refractivity contribution in [2.45, 2.75) is 32.7 Å². The molecule has 20 heavy (non-hydrogen) atoms. The van der Waals surface area contributed by atoms with E-state index in [2.05, 4.69) is 10.2 Å². The Bertz CT molecular complexity index is 493. The van der Waals surface area contributed by atoms with E-state index in [1.54, 1.807) is 39.0 Å². The molecule has 0 bridgehead atoms. The smallest absolute Gasteiger partial charge is 0.315 e. The van der Waals surface area contributed by atoms with Crippen LogP contribution in [0.15, 0.2) is 18.2 Å². The van der Waals surface area contributed by atoms with Gasteiger partial charge in [0.1, 0.15) is 0 Å². The maximum Gasteiger partial charge on any atom is 0.438 e. The van der Waals surface area contributed by atoms with Gasteiger partial charge in [-0.25, -0.2) is 4.79 Å². The largest absolute Gasteiger partial charge is 0.438 e. The summed E-state index contributed by atoms with van der Waals surface area (Å²) in [6.45, 7) is 5.35. The summed E-state index contributed by atoms with van der Waals surface area (Å²) in [5.74, 6) is 0. The maximum absolute atomic E-state index is 10.2. The van der Waals surface area contributed by atoms with Gasteiger partial charge in [0.25, 0.3) is 0 Å². The van der Waals surface area contributed by atoms with E-state index in [9.17, 15) is 4.79 Å². The van der Waals surface area contributed by atoms with Crippen LogP contribution in [0.4, 0.5) is 4.79 Å². The van der Waals surface area contributed by atoms with E-state index < -0.39 is 6.09 Å². The highest BCUT2D eigenvalue weighted by atomic mass is 35.5. The van der Waals surface area contributed by atoms with E-state index in [1.807, 2.05) is 6.07 Å². The van der Waals surface area contributed by atoms with Gasteiger partial charge in [0.15, 0.2) is 0 Å². The second-order valence-electron chi connectivity index (χ2n) is 4.84. The van der Waals surface area contributed by atoms with Gasteiger partial charge in [-0.1, -0.05) is 29.3 Å². The standard InChI is InChI=1S/C8H5Cl2N.C5H11NO3/c9-7-2-1-6(3-4-11)5-8(7)10;1-5(2,3)6-4(7)9-8/h1-2,5H,3H2;8H,1-3H3,(H,6,7). The number of nitrogens with one attached hydrogen (secondary N) is 1. The highest BCUT2D eigenvalue weighted by Gasteiger charge is 2.13. The van der Waals surface area contributed by atoms with Crippen LogP contribution < -0.4 is 5.32 Å². The number of nitrogens with zero attached hydrogens (tertiary/aromatic N) is 1. The fourth-order valence-electron chi connectivity index (χ4n) is 1.07. The molecule has 110 valence electrons. The Hall–Kier alpha value is -1.48. The Morgan fingerprint density at radius 3 is 2.35 bits per heavy atom. The number of hydrogen-bond acceptors (Lipinski definition) is 4.